The van der Waals surface area contributed by atoms with Gasteiger partial charge in [0.05, 0.1) is 37.0 Å². The van der Waals surface area contributed by atoms with E-state index in [1.807, 2.05) is 29.2 Å². The minimum atomic E-state index is -0.941. The second-order valence-electron chi connectivity index (χ2n) is 9.02. The van der Waals surface area contributed by atoms with Gasteiger partial charge in [-0.3, -0.25) is 9.59 Å². The number of carbonyl (C=O) groups excluding carboxylic acids is 3. The summed E-state index contributed by atoms with van der Waals surface area (Å²) >= 11 is 6.01. The Morgan fingerprint density at radius 2 is 1.81 bits per heavy atom. The molecule has 2 N–H and O–H groups in total. The number of methoxy groups -OCH3 is 1. The molecule has 0 saturated carbocycles. The molecule has 1 fully saturated rings. The van der Waals surface area contributed by atoms with E-state index in [2.05, 4.69) is 44.2 Å². The fourth-order valence-electron chi connectivity index (χ4n) is 4.43. The Balaban J connectivity index is 1.70. The van der Waals surface area contributed by atoms with Gasteiger partial charge >= 0.3 is 5.97 Å². The minimum Gasteiger partial charge on any atom is -0.464 e. The largest absolute Gasteiger partial charge is 0.464 e. The second-order valence-corrected chi connectivity index (χ2v) is 9.40. The first kappa shape index (κ1) is 26.0. The van der Waals surface area contributed by atoms with Crippen LogP contribution in [0.15, 0.2) is 48.9 Å². The number of esters is 1. The number of carbonyl (C=O) groups is 3. The van der Waals surface area contributed by atoms with Gasteiger partial charge in [0, 0.05) is 20.1 Å². The number of benzene rings is 1. The molecule has 2 amide bonds. The molecule has 0 atom stereocenters. The Bertz CT molecular complexity index is 1340. The van der Waals surface area contributed by atoms with Crippen molar-refractivity contribution in [3.63, 3.8) is 0 Å². The fraction of sp³-hybridized carbons (Fsp3) is 0.308. The molecule has 4 rings (SSSR count). The highest BCUT2D eigenvalue weighted by Gasteiger charge is 2.52. The second kappa shape index (κ2) is 10.5. The maximum Gasteiger partial charge on any atom is 0.358 e. The smallest absolute Gasteiger partial charge is 0.358 e. The summed E-state index contributed by atoms with van der Waals surface area (Å²) in [5.74, 6) is -0.562. The Morgan fingerprint density at radius 1 is 1.08 bits per heavy atom. The van der Waals surface area contributed by atoms with E-state index in [1.165, 1.54) is 38.8 Å². The molecule has 1 aromatic carbocycles. The van der Waals surface area contributed by atoms with Crippen molar-refractivity contribution in [2.45, 2.75) is 25.2 Å². The lowest BCUT2D eigenvalue weighted by molar-refractivity contribution is -0.122. The summed E-state index contributed by atoms with van der Waals surface area (Å²) in [7, 11) is 2.78. The third-order valence-electron chi connectivity index (χ3n) is 6.40. The minimum absolute atomic E-state index is 0.0953. The molecule has 192 valence electrons. The van der Waals surface area contributed by atoms with Gasteiger partial charge in [-0.25, -0.2) is 19.7 Å². The zero-order chi connectivity index (χ0) is 26.7. The van der Waals surface area contributed by atoms with Crippen LogP contribution in [0.2, 0.25) is 5.15 Å². The third-order valence-corrected chi connectivity index (χ3v) is 6.61. The number of hydrogen-bond acceptors (Lipinski definition) is 8. The molecule has 3 aromatic rings. The Labute approximate surface area is 219 Å². The van der Waals surface area contributed by atoms with E-state index in [9.17, 15) is 14.4 Å². The number of nitrogens with one attached hydrogen (secondary N) is 2. The van der Waals surface area contributed by atoms with Crippen molar-refractivity contribution in [2.75, 3.05) is 37.5 Å². The predicted octanol–water partition coefficient (Wildman–Crippen LogP) is 3.19. The molecule has 0 unspecified atom stereocenters. The molecule has 37 heavy (non-hydrogen) atoms. The average Bonchev–Trinajstić information content (AvgIpc) is 2.88. The summed E-state index contributed by atoms with van der Waals surface area (Å²) in [4.78, 5) is 52.6. The first-order valence-corrected chi connectivity index (χ1v) is 12.0. The number of hydrogen-bond donors (Lipinski definition) is 2. The van der Waals surface area contributed by atoms with Crippen molar-refractivity contribution in [2.24, 2.45) is 0 Å². The van der Waals surface area contributed by atoms with E-state index in [0.29, 0.717) is 18.9 Å². The van der Waals surface area contributed by atoms with E-state index < -0.39 is 17.3 Å². The van der Waals surface area contributed by atoms with Gasteiger partial charge in [0.1, 0.15) is 16.4 Å². The summed E-state index contributed by atoms with van der Waals surface area (Å²) in [5, 5.41) is 5.62. The monoisotopic (exact) mass is 522 g/mol. The lowest BCUT2D eigenvalue weighted by atomic mass is 9.69. The standard InChI is InChI=1S/C26H27ClN6O4/c1-15(2)16-7-5-6-8-18(16)26(13-33(14-26)22-12-29-20(11-31-22)24(35)37-4)25(36)32-19-10-30-21(27)9-17(19)23(34)28-3/h5-12,15H,13-14H2,1-4H3,(H,28,34)(H,32,36). The number of amides is 2. The Hall–Kier alpha value is -4.05. The number of ether oxygens (including phenoxy) is 1. The van der Waals surface area contributed by atoms with Gasteiger partial charge in [-0.05, 0) is 23.1 Å². The lowest BCUT2D eigenvalue weighted by Crippen LogP contribution is -2.66. The summed E-state index contributed by atoms with van der Waals surface area (Å²) in [6, 6.07) is 9.24. The van der Waals surface area contributed by atoms with Crippen LogP contribution in [0.25, 0.3) is 0 Å². The normalized spacial score (nSPS) is 14.1. The number of halogens is 1. The Morgan fingerprint density at radius 3 is 2.43 bits per heavy atom. The molecular weight excluding hydrogens is 496 g/mol. The van der Waals surface area contributed by atoms with E-state index in [4.69, 9.17) is 11.6 Å². The van der Waals surface area contributed by atoms with Crippen molar-refractivity contribution >= 4 is 40.9 Å². The van der Waals surface area contributed by atoms with E-state index in [-0.39, 0.29) is 33.9 Å². The van der Waals surface area contributed by atoms with Crippen LogP contribution in [-0.4, -0.2) is 60.0 Å². The Kier molecular flexibility index (Phi) is 7.40. The molecule has 3 heterocycles. The number of nitrogens with zero attached hydrogens (tertiary/aromatic N) is 4. The zero-order valence-electron chi connectivity index (χ0n) is 20.9. The van der Waals surface area contributed by atoms with Crippen LogP contribution in [0.1, 0.15) is 51.7 Å². The van der Waals surface area contributed by atoms with Crippen LogP contribution in [0.3, 0.4) is 0 Å². The van der Waals surface area contributed by atoms with Gasteiger partial charge in [0.15, 0.2) is 5.69 Å². The first-order chi connectivity index (χ1) is 17.7. The molecule has 0 bridgehead atoms. The SMILES string of the molecule is CNC(=O)c1cc(Cl)ncc1NC(=O)C1(c2ccccc2C(C)C)CN(c2cnc(C(=O)OC)cn2)C1. The molecule has 10 nitrogen and oxygen atoms in total. The van der Waals surface area contributed by atoms with Crippen molar-refractivity contribution in [3.05, 3.63) is 76.5 Å². The molecule has 1 aliphatic heterocycles. The number of pyridine rings is 1. The highest BCUT2D eigenvalue weighted by Crippen LogP contribution is 2.41. The van der Waals surface area contributed by atoms with Gasteiger partial charge in [0.2, 0.25) is 5.91 Å². The zero-order valence-corrected chi connectivity index (χ0v) is 21.7. The molecule has 1 aliphatic rings. The van der Waals surface area contributed by atoms with Gasteiger partial charge in [-0.1, -0.05) is 49.7 Å². The molecular formula is C26H27ClN6O4. The van der Waals surface area contributed by atoms with E-state index in [1.54, 1.807) is 0 Å². The summed E-state index contributed by atoms with van der Waals surface area (Å²) in [5.41, 5.74) is 1.56. The van der Waals surface area contributed by atoms with Crippen molar-refractivity contribution in [1.82, 2.24) is 20.3 Å². The molecule has 1 saturated heterocycles. The highest BCUT2D eigenvalue weighted by atomic mass is 35.5. The van der Waals surface area contributed by atoms with Crippen LogP contribution >= 0.6 is 11.6 Å². The predicted molar refractivity (Wildman–Crippen MR) is 139 cm³/mol. The van der Waals surface area contributed by atoms with Gasteiger partial charge in [-0.15, -0.1) is 0 Å². The van der Waals surface area contributed by atoms with Crippen LogP contribution in [-0.2, 0) is 14.9 Å². The van der Waals surface area contributed by atoms with Crippen LogP contribution < -0.4 is 15.5 Å². The van der Waals surface area contributed by atoms with Gasteiger partial charge < -0.3 is 20.3 Å². The average molecular weight is 523 g/mol. The molecule has 0 radical (unpaired) electrons. The maximum absolute atomic E-state index is 14.0. The van der Waals surface area contributed by atoms with Crippen molar-refractivity contribution in [1.29, 1.82) is 0 Å². The van der Waals surface area contributed by atoms with Gasteiger partial charge in [-0.2, -0.15) is 0 Å². The van der Waals surface area contributed by atoms with Crippen molar-refractivity contribution < 1.29 is 19.1 Å². The molecule has 0 aliphatic carbocycles. The summed E-state index contributed by atoms with van der Waals surface area (Å²) in [6.07, 6.45) is 4.20. The molecule has 11 heteroatoms. The third kappa shape index (κ3) is 4.97. The quantitative estimate of drug-likeness (QED) is 0.358. The van der Waals surface area contributed by atoms with Crippen LogP contribution in [0.5, 0.6) is 0 Å². The maximum atomic E-state index is 14.0. The number of rotatable bonds is 7. The first-order valence-electron chi connectivity index (χ1n) is 11.6. The van der Waals surface area contributed by atoms with Crippen LogP contribution in [0.4, 0.5) is 11.5 Å². The summed E-state index contributed by atoms with van der Waals surface area (Å²) < 4.78 is 4.68. The lowest BCUT2D eigenvalue weighted by Gasteiger charge is -2.50. The molecule has 2 aromatic heterocycles. The summed E-state index contributed by atoms with van der Waals surface area (Å²) in [6.45, 7) is 4.77. The van der Waals surface area contributed by atoms with E-state index >= 15 is 0 Å². The molecule has 0 spiro atoms. The topological polar surface area (TPSA) is 126 Å². The van der Waals surface area contributed by atoms with Crippen LogP contribution in [0, 0.1) is 0 Å². The van der Waals surface area contributed by atoms with E-state index in [0.717, 1.165) is 11.1 Å². The highest BCUT2D eigenvalue weighted by molar-refractivity contribution is 6.30. The number of aromatic nitrogens is 3. The van der Waals surface area contributed by atoms with Crippen molar-refractivity contribution in [3.8, 4) is 0 Å². The fourth-order valence-corrected chi connectivity index (χ4v) is 4.59. The van der Waals surface area contributed by atoms with Gasteiger partial charge in [0.25, 0.3) is 5.91 Å². The number of anilines is 2.